The quantitative estimate of drug-likeness (QED) is 0.770. The number of aliphatic carboxylic acids is 1. The SMILES string of the molecule is C[C@@H](CC1CCC(F)(F)CC1)C(=O)O. The number of hydrogen-bond acceptors (Lipinski definition) is 1. The maximum Gasteiger partial charge on any atom is 0.306 e. The lowest BCUT2D eigenvalue weighted by molar-refractivity contribution is -0.142. The predicted octanol–water partition coefficient (Wildman–Crippen LogP) is 2.92. The molecule has 1 atom stereocenters. The zero-order valence-electron chi connectivity index (χ0n) is 8.30. The minimum Gasteiger partial charge on any atom is -0.481 e. The molecule has 1 aliphatic carbocycles. The molecule has 0 aromatic carbocycles. The second-order valence-corrected chi connectivity index (χ2v) is 4.27. The Morgan fingerprint density at radius 1 is 1.50 bits per heavy atom. The van der Waals surface area contributed by atoms with Crippen LogP contribution in [-0.4, -0.2) is 17.0 Å². The highest BCUT2D eigenvalue weighted by molar-refractivity contribution is 5.69. The fourth-order valence-corrected chi connectivity index (χ4v) is 1.94. The Bertz CT molecular complexity index is 206. The molecule has 0 saturated heterocycles. The summed E-state index contributed by atoms with van der Waals surface area (Å²) in [6.45, 7) is 1.63. The molecule has 0 radical (unpaired) electrons. The molecular weight excluding hydrogens is 190 g/mol. The van der Waals surface area contributed by atoms with Crippen LogP contribution in [0, 0.1) is 11.8 Å². The molecule has 1 fully saturated rings. The zero-order chi connectivity index (χ0) is 10.8. The van der Waals surface area contributed by atoms with Crippen LogP contribution in [0.1, 0.15) is 39.0 Å². The van der Waals surface area contributed by atoms with E-state index in [1.165, 1.54) is 0 Å². The summed E-state index contributed by atoms with van der Waals surface area (Å²) in [5.41, 5.74) is 0. The maximum atomic E-state index is 12.8. The average molecular weight is 206 g/mol. The molecule has 0 heterocycles. The molecule has 1 aliphatic rings. The van der Waals surface area contributed by atoms with E-state index in [1.807, 2.05) is 0 Å². The highest BCUT2D eigenvalue weighted by Gasteiger charge is 2.35. The van der Waals surface area contributed by atoms with E-state index in [4.69, 9.17) is 5.11 Å². The first kappa shape index (κ1) is 11.4. The summed E-state index contributed by atoms with van der Waals surface area (Å²) < 4.78 is 25.5. The third-order valence-corrected chi connectivity index (χ3v) is 2.95. The molecule has 1 saturated carbocycles. The van der Waals surface area contributed by atoms with Crippen molar-refractivity contribution in [3.8, 4) is 0 Å². The van der Waals surface area contributed by atoms with Gasteiger partial charge in [-0.05, 0) is 25.2 Å². The van der Waals surface area contributed by atoms with E-state index >= 15 is 0 Å². The Balaban J connectivity index is 2.32. The highest BCUT2D eigenvalue weighted by atomic mass is 19.3. The minimum absolute atomic E-state index is 0.0794. The Hall–Kier alpha value is -0.670. The summed E-state index contributed by atoms with van der Waals surface area (Å²) in [7, 11) is 0. The summed E-state index contributed by atoms with van der Waals surface area (Å²) in [4.78, 5) is 10.6. The standard InChI is InChI=1S/C10H16F2O2/c1-7(9(13)14)6-8-2-4-10(11,12)5-3-8/h7-8H,2-6H2,1H3,(H,13,14)/t7-/m0/s1. The topological polar surface area (TPSA) is 37.3 Å². The molecule has 0 spiro atoms. The predicted molar refractivity (Wildman–Crippen MR) is 48.3 cm³/mol. The lowest BCUT2D eigenvalue weighted by atomic mass is 9.81. The summed E-state index contributed by atoms with van der Waals surface area (Å²) >= 11 is 0. The van der Waals surface area contributed by atoms with Gasteiger partial charge in [0.25, 0.3) is 0 Å². The first-order valence-electron chi connectivity index (χ1n) is 5.01. The lowest BCUT2D eigenvalue weighted by Crippen LogP contribution is -2.26. The molecule has 0 bridgehead atoms. The summed E-state index contributed by atoms with van der Waals surface area (Å²) in [5, 5.41) is 8.67. The van der Waals surface area contributed by atoms with Crippen molar-refractivity contribution < 1.29 is 18.7 Å². The van der Waals surface area contributed by atoms with Gasteiger partial charge in [0.1, 0.15) is 0 Å². The van der Waals surface area contributed by atoms with Gasteiger partial charge in [-0.3, -0.25) is 4.79 Å². The molecule has 4 heteroatoms. The van der Waals surface area contributed by atoms with E-state index in [1.54, 1.807) is 6.92 Å². The molecule has 0 aromatic rings. The van der Waals surface area contributed by atoms with Gasteiger partial charge in [0.05, 0.1) is 5.92 Å². The number of carboxylic acid groups (broad SMARTS) is 1. The summed E-state index contributed by atoms with van der Waals surface area (Å²) in [6, 6.07) is 0. The molecule has 0 aromatic heterocycles. The van der Waals surface area contributed by atoms with Gasteiger partial charge in [-0.1, -0.05) is 6.92 Å². The van der Waals surface area contributed by atoms with E-state index in [9.17, 15) is 13.6 Å². The third kappa shape index (κ3) is 3.24. The maximum absolute atomic E-state index is 12.8. The van der Waals surface area contributed by atoms with Crippen LogP contribution in [0.25, 0.3) is 0 Å². The number of rotatable bonds is 3. The number of carboxylic acids is 1. The van der Waals surface area contributed by atoms with E-state index < -0.39 is 17.8 Å². The van der Waals surface area contributed by atoms with Crippen LogP contribution >= 0.6 is 0 Å². The van der Waals surface area contributed by atoms with Gasteiger partial charge in [0.15, 0.2) is 0 Å². The fraction of sp³-hybridized carbons (Fsp3) is 0.900. The van der Waals surface area contributed by atoms with Crippen molar-refractivity contribution in [2.75, 3.05) is 0 Å². The van der Waals surface area contributed by atoms with Gasteiger partial charge >= 0.3 is 5.97 Å². The smallest absolute Gasteiger partial charge is 0.306 e. The monoisotopic (exact) mass is 206 g/mol. The van der Waals surface area contributed by atoms with Crippen molar-refractivity contribution in [1.29, 1.82) is 0 Å². The number of carbonyl (C=O) groups is 1. The minimum atomic E-state index is -2.51. The zero-order valence-corrected chi connectivity index (χ0v) is 8.30. The normalized spacial score (nSPS) is 24.5. The molecule has 82 valence electrons. The van der Waals surface area contributed by atoms with Crippen molar-refractivity contribution >= 4 is 5.97 Å². The Morgan fingerprint density at radius 3 is 2.43 bits per heavy atom. The summed E-state index contributed by atoms with van der Waals surface area (Å²) in [6.07, 6.45) is 1.30. The van der Waals surface area contributed by atoms with E-state index in [0.717, 1.165) is 0 Å². The van der Waals surface area contributed by atoms with Gasteiger partial charge in [-0.25, -0.2) is 8.78 Å². The van der Waals surface area contributed by atoms with Crippen molar-refractivity contribution in [1.82, 2.24) is 0 Å². The molecule has 0 aliphatic heterocycles. The van der Waals surface area contributed by atoms with Crippen molar-refractivity contribution in [2.45, 2.75) is 45.0 Å². The molecular formula is C10H16F2O2. The van der Waals surface area contributed by atoms with Gasteiger partial charge < -0.3 is 5.11 Å². The Kier molecular flexibility index (Phi) is 3.45. The second kappa shape index (κ2) is 4.24. The van der Waals surface area contributed by atoms with Crippen molar-refractivity contribution in [3.63, 3.8) is 0 Å². The first-order valence-corrected chi connectivity index (χ1v) is 5.01. The second-order valence-electron chi connectivity index (χ2n) is 4.27. The average Bonchev–Trinajstić information content (AvgIpc) is 2.08. The van der Waals surface area contributed by atoms with Crippen LogP contribution < -0.4 is 0 Å². The van der Waals surface area contributed by atoms with Gasteiger partial charge in [-0.15, -0.1) is 0 Å². The number of alkyl halides is 2. The van der Waals surface area contributed by atoms with E-state index in [0.29, 0.717) is 19.3 Å². The largest absolute Gasteiger partial charge is 0.481 e. The van der Waals surface area contributed by atoms with Crippen LogP contribution in [0.2, 0.25) is 0 Å². The third-order valence-electron chi connectivity index (χ3n) is 2.95. The van der Waals surface area contributed by atoms with Crippen LogP contribution in [0.3, 0.4) is 0 Å². The lowest BCUT2D eigenvalue weighted by Gasteiger charge is -2.28. The fourth-order valence-electron chi connectivity index (χ4n) is 1.94. The molecule has 1 N–H and O–H groups in total. The number of halogens is 2. The molecule has 1 rings (SSSR count). The van der Waals surface area contributed by atoms with Crippen LogP contribution in [0.4, 0.5) is 8.78 Å². The van der Waals surface area contributed by atoms with Crippen molar-refractivity contribution in [2.24, 2.45) is 11.8 Å². The van der Waals surface area contributed by atoms with Gasteiger partial charge in [0, 0.05) is 12.8 Å². The van der Waals surface area contributed by atoms with E-state index in [2.05, 4.69) is 0 Å². The summed E-state index contributed by atoms with van der Waals surface area (Å²) in [5.74, 6) is -3.59. The number of hydrogen-bond donors (Lipinski definition) is 1. The van der Waals surface area contributed by atoms with Gasteiger partial charge in [0.2, 0.25) is 5.92 Å². The Morgan fingerprint density at radius 2 is 2.00 bits per heavy atom. The molecule has 0 amide bonds. The van der Waals surface area contributed by atoms with Crippen LogP contribution in [-0.2, 0) is 4.79 Å². The van der Waals surface area contributed by atoms with Crippen LogP contribution in [0.5, 0.6) is 0 Å². The highest BCUT2D eigenvalue weighted by Crippen LogP contribution is 2.38. The van der Waals surface area contributed by atoms with E-state index in [-0.39, 0.29) is 18.8 Å². The van der Waals surface area contributed by atoms with Gasteiger partial charge in [-0.2, -0.15) is 0 Å². The molecule has 0 unspecified atom stereocenters. The molecule has 14 heavy (non-hydrogen) atoms. The molecule has 2 nitrogen and oxygen atoms in total. The van der Waals surface area contributed by atoms with Crippen LogP contribution in [0.15, 0.2) is 0 Å². The Labute approximate surface area is 82.3 Å². The first-order chi connectivity index (χ1) is 6.41. The van der Waals surface area contributed by atoms with Crippen molar-refractivity contribution in [3.05, 3.63) is 0 Å².